The van der Waals surface area contributed by atoms with Crippen molar-refractivity contribution in [1.82, 2.24) is 19.4 Å². The quantitative estimate of drug-likeness (QED) is 0.208. The number of halogens is 4. The lowest BCUT2D eigenvalue weighted by molar-refractivity contribution is -0.329. The van der Waals surface area contributed by atoms with E-state index in [0.717, 1.165) is 17.7 Å². The molecule has 0 bridgehead atoms. The molecular weight excluding hydrogens is 657 g/mol. The van der Waals surface area contributed by atoms with Crippen molar-refractivity contribution >= 4 is 39.1 Å². The third-order valence-corrected chi connectivity index (χ3v) is 10.3. The summed E-state index contributed by atoms with van der Waals surface area (Å²) in [5, 5.41) is 11.7. The van der Waals surface area contributed by atoms with Gasteiger partial charge >= 0.3 is 12.3 Å². The maximum absolute atomic E-state index is 13.8. The third-order valence-electron chi connectivity index (χ3n) is 9.03. The van der Waals surface area contributed by atoms with Gasteiger partial charge in [-0.1, -0.05) is 11.6 Å². The van der Waals surface area contributed by atoms with Crippen LogP contribution in [0.1, 0.15) is 52.4 Å². The average molecular weight is 691 g/mol. The second-order valence-corrected chi connectivity index (χ2v) is 13.4. The molecular formula is C33H34ClF3N4O5S. The lowest BCUT2D eigenvalue weighted by atomic mass is 9.88. The Morgan fingerprint density at radius 1 is 1.13 bits per heavy atom. The van der Waals surface area contributed by atoms with Gasteiger partial charge in [-0.25, -0.2) is 9.78 Å². The minimum absolute atomic E-state index is 0.100. The van der Waals surface area contributed by atoms with Crippen molar-refractivity contribution in [2.75, 3.05) is 26.3 Å². The van der Waals surface area contributed by atoms with E-state index >= 15 is 0 Å². The molecule has 1 aromatic carbocycles. The van der Waals surface area contributed by atoms with Gasteiger partial charge in [0.05, 0.1) is 34.6 Å². The van der Waals surface area contributed by atoms with Crippen LogP contribution in [0.25, 0.3) is 21.3 Å². The molecule has 250 valence electrons. The molecule has 47 heavy (non-hydrogen) atoms. The number of rotatable bonds is 9. The van der Waals surface area contributed by atoms with Crippen LogP contribution in [0.15, 0.2) is 34.4 Å². The molecule has 1 N–H and O–H groups in total. The fourth-order valence-corrected chi connectivity index (χ4v) is 7.84. The molecule has 3 aromatic heterocycles. The average Bonchev–Trinajstić information content (AvgIpc) is 3.46. The van der Waals surface area contributed by atoms with Crippen LogP contribution in [0, 0.1) is 19.8 Å². The predicted molar refractivity (Wildman–Crippen MR) is 173 cm³/mol. The molecule has 6 rings (SSSR count). The Morgan fingerprint density at radius 2 is 1.89 bits per heavy atom. The van der Waals surface area contributed by atoms with Gasteiger partial charge in [0, 0.05) is 38.8 Å². The van der Waals surface area contributed by atoms with Crippen molar-refractivity contribution in [2.45, 2.75) is 64.9 Å². The van der Waals surface area contributed by atoms with E-state index in [2.05, 4.69) is 14.6 Å². The van der Waals surface area contributed by atoms with Crippen molar-refractivity contribution in [1.29, 1.82) is 0 Å². The summed E-state index contributed by atoms with van der Waals surface area (Å²) in [6.45, 7) is 5.06. The van der Waals surface area contributed by atoms with Gasteiger partial charge in [0.2, 0.25) is 0 Å². The number of fused-ring (bicyclic) bond motifs is 2. The molecule has 1 saturated heterocycles. The number of carboxylic acids is 1. The largest absolute Gasteiger partial charge is 0.522 e. The van der Waals surface area contributed by atoms with Crippen molar-refractivity contribution in [3.63, 3.8) is 0 Å². The van der Waals surface area contributed by atoms with E-state index < -0.39 is 12.3 Å². The van der Waals surface area contributed by atoms with Gasteiger partial charge in [-0.3, -0.25) is 19.1 Å². The predicted octanol–water partition coefficient (Wildman–Crippen LogP) is 6.67. The number of aromatic carboxylic acids is 1. The van der Waals surface area contributed by atoms with Crippen molar-refractivity contribution in [2.24, 2.45) is 5.92 Å². The Morgan fingerprint density at radius 3 is 2.62 bits per heavy atom. The number of pyridine rings is 1. The van der Waals surface area contributed by atoms with Crippen molar-refractivity contribution in [3.8, 4) is 16.9 Å². The molecule has 4 heterocycles. The van der Waals surface area contributed by atoms with Gasteiger partial charge in [-0.2, -0.15) is 0 Å². The van der Waals surface area contributed by atoms with Crippen LogP contribution < -0.4 is 10.3 Å². The second kappa shape index (κ2) is 13.5. The first kappa shape index (κ1) is 33.4. The Balaban J connectivity index is 1.16. The molecule has 0 amide bonds. The molecule has 2 aliphatic rings. The first-order valence-corrected chi connectivity index (χ1v) is 16.7. The minimum atomic E-state index is -4.61. The molecule has 14 heteroatoms. The fraction of sp³-hybridized carbons (Fsp3) is 0.455. The Hall–Kier alpha value is -3.52. The summed E-state index contributed by atoms with van der Waals surface area (Å²) in [4.78, 5) is 37.1. The van der Waals surface area contributed by atoms with E-state index in [4.69, 9.17) is 21.3 Å². The molecule has 1 aliphatic heterocycles. The van der Waals surface area contributed by atoms with Crippen LogP contribution in [0.4, 0.5) is 13.2 Å². The maximum atomic E-state index is 13.8. The van der Waals surface area contributed by atoms with Crippen LogP contribution in [-0.4, -0.2) is 69.2 Å². The highest BCUT2D eigenvalue weighted by atomic mass is 35.5. The molecule has 9 nitrogen and oxygen atoms in total. The number of hydrogen-bond acceptors (Lipinski definition) is 8. The lowest BCUT2D eigenvalue weighted by Gasteiger charge is -2.39. The highest BCUT2D eigenvalue weighted by Gasteiger charge is 2.34. The van der Waals surface area contributed by atoms with Crippen molar-refractivity contribution in [3.05, 3.63) is 73.4 Å². The first-order chi connectivity index (χ1) is 22.4. The number of hydrogen-bond donors (Lipinski definition) is 1. The number of carboxylic acid groups (broad SMARTS) is 1. The van der Waals surface area contributed by atoms with E-state index in [0.29, 0.717) is 82.4 Å². The van der Waals surface area contributed by atoms with Crippen LogP contribution in [-0.2, 0) is 24.1 Å². The number of nitrogens with zero attached hydrogens (tertiary/aromatic N) is 4. The summed E-state index contributed by atoms with van der Waals surface area (Å²) in [5.74, 6) is -0.0445. The van der Waals surface area contributed by atoms with Gasteiger partial charge in [0.25, 0.3) is 5.56 Å². The van der Waals surface area contributed by atoms with Crippen LogP contribution in [0.5, 0.6) is 5.75 Å². The summed E-state index contributed by atoms with van der Waals surface area (Å²) >= 11 is 7.68. The number of carbonyl (C=O) groups is 1. The maximum Gasteiger partial charge on any atom is 0.522 e. The number of aromatic nitrogens is 3. The van der Waals surface area contributed by atoms with Crippen LogP contribution in [0.2, 0.25) is 5.02 Å². The van der Waals surface area contributed by atoms with Gasteiger partial charge in [0.1, 0.15) is 18.2 Å². The number of alkyl halides is 3. The zero-order valence-electron chi connectivity index (χ0n) is 25.9. The summed E-state index contributed by atoms with van der Waals surface area (Å²) in [6.07, 6.45) is -1.31. The highest BCUT2D eigenvalue weighted by molar-refractivity contribution is 7.18. The van der Waals surface area contributed by atoms with E-state index in [1.54, 1.807) is 35.1 Å². The number of ether oxygens (including phenoxy) is 2. The summed E-state index contributed by atoms with van der Waals surface area (Å²) in [6, 6.07) is 7.25. The molecule has 0 saturated carbocycles. The number of benzene rings is 1. The van der Waals surface area contributed by atoms with Crippen molar-refractivity contribution < 1.29 is 32.5 Å². The molecule has 1 fully saturated rings. The molecule has 0 radical (unpaired) electrons. The zero-order chi connectivity index (χ0) is 33.5. The van der Waals surface area contributed by atoms with E-state index in [-0.39, 0.29) is 42.8 Å². The fourth-order valence-electron chi connectivity index (χ4n) is 6.66. The molecule has 4 aromatic rings. The van der Waals surface area contributed by atoms with E-state index in [1.807, 2.05) is 13.0 Å². The second-order valence-electron chi connectivity index (χ2n) is 12.1. The smallest absolute Gasteiger partial charge is 0.491 e. The van der Waals surface area contributed by atoms with Gasteiger partial charge in [0.15, 0.2) is 0 Å². The molecule has 1 atom stereocenters. The monoisotopic (exact) mass is 690 g/mol. The highest BCUT2D eigenvalue weighted by Crippen LogP contribution is 2.40. The zero-order valence-corrected chi connectivity index (χ0v) is 27.5. The van der Waals surface area contributed by atoms with Gasteiger partial charge in [-0.15, -0.1) is 24.5 Å². The lowest BCUT2D eigenvalue weighted by Crippen LogP contribution is -2.46. The summed E-state index contributed by atoms with van der Waals surface area (Å²) < 4.78 is 50.1. The summed E-state index contributed by atoms with van der Waals surface area (Å²) in [7, 11) is 0. The Labute approximate surface area is 277 Å². The number of piperidine rings is 1. The summed E-state index contributed by atoms with van der Waals surface area (Å²) in [5.41, 5.74) is 4.04. The normalized spacial score (nSPS) is 17.6. The topological polar surface area (TPSA) is 107 Å². The number of aryl methyl sites for hydroxylation is 3. The van der Waals surface area contributed by atoms with E-state index in [9.17, 15) is 27.9 Å². The van der Waals surface area contributed by atoms with Crippen LogP contribution in [0.3, 0.4) is 0 Å². The number of likely N-dealkylation sites (tertiary alicyclic amines) is 1. The molecule has 1 aliphatic carbocycles. The first-order valence-electron chi connectivity index (χ1n) is 15.5. The third kappa shape index (κ3) is 7.33. The van der Waals surface area contributed by atoms with Crippen LogP contribution >= 0.6 is 22.9 Å². The Bertz CT molecular complexity index is 1870. The molecule has 0 spiro atoms. The van der Waals surface area contributed by atoms with Gasteiger partial charge in [-0.05, 0) is 89.2 Å². The molecule has 0 unspecified atom stereocenters. The van der Waals surface area contributed by atoms with Gasteiger partial charge < -0.3 is 14.7 Å². The Kier molecular flexibility index (Phi) is 9.62. The standard InChI is InChI=1S/C33H34ClF3N4O5S/c1-18-13-24(30-29(38-18)26(17-47-30)32(43)44)23-14-21(34)3-6-28(23)45-12-11-41-19(2)39-27-5-4-22(15-25(27)31(41)42)40-9-7-20(8-10-40)16-46-33(35,36)37/h3,6,13-14,17,20,22H,4-5,7-12,15-16H2,1-2H3,(H,43,44)/t22-/m0/s1. The SMILES string of the molecule is Cc1cc(-c2cc(Cl)ccc2OCCn2c(C)nc3c(c2=O)C[C@@H](N2CCC(COC(F)(F)F)CC2)CC3)c2scc(C(=O)O)c2n1. The number of thiophene rings is 1. The van der Waals surface area contributed by atoms with E-state index in [1.165, 1.54) is 11.3 Å². The minimum Gasteiger partial charge on any atom is -0.491 e.